The van der Waals surface area contributed by atoms with Crippen LogP contribution in [0, 0.1) is 29.9 Å². The van der Waals surface area contributed by atoms with Crippen LogP contribution in [0.5, 0.6) is 11.8 Å². The summed E-state index contributed by atoms with van der Waals surface area (Å²) in [6.07, 6.45) is 9.27. The van der Waals surface area contributed by atoms with Crippen LogP contribution >= 0.6 is 0 Å². The highest BCUT2D eigenvalue weighted by Crippen LogP contribution is 2.42. The summed E-state index contributed by atoms with van der Waals surface area (Å²) in [7, 11) is 0. The molecule has 2 aromatic heterocycles. The Balaban J connectivity index is 1.36. The molecule has 2 N–H and O–H groups in total. The van der Waals surface area contributed by atoms with Gasteiger partial charge in [-0.3, -0.25) is 9.88 Å². The fourth-order valence-electron chi connectivity index (χ4n) is 6.50. The van der Waals surface area contributed by atoms with E-state index in [9.17, 15) is 13.9 Å². The van der Waals surface area contributed by atoms with Crippen molar-refractivity contribution in [2.75, 3.05) is 25.0 Å². The molecule has 7 rings (SSSR count). The highest BCUT2D eigenvalue weighted by molar-refractivity contribution is 6.03. The van der Waals surface area contributed by atoms with Crippen LogP contribution in [0.1, 0.15) is 38.2 Å². The van der Waals surface area contributed by atoms with Gasteiger partial charge in [0.2, 0.25) is 0 Å². The number of aromatic hydroxyl groups is 1. The summed E-state index contributed by atoms with van der Waals surface area (Å²) >= 11 is 0. The molecular formula is C31H28F3N5O2. The van der Waals surface area contributed by atoms with Crippen LogP contribution < -0.4 is 10.1 Å². The van der Waals surface area contributed by atoms with Crippen molar-refractivity contribution in [3.05, 3.63) is 47.7 Å². The number of benzene rings is 2. The summed E-state index contributed by atoms with van der Waals surface area (Å²) in [5.41, 5.74) is -0.527. The molecule has 2 aromatic carbocycles. The third-order valence-electron chi connectivity index (χ3n) is 8.78. The van der Waals surface area contributed by atoms with E-state index in [-0.39, 0.29) is 52.1 Å². The molecular weight excluding hydrogens is 531 g/mol. The van der Waals surface area contributed by atoms with Gasteiger partial charge in [-0.2, -0.15) is 9.97 Å². The number of nitrogens with one attached hydrogen (secondary N) is 1. The number of pyridine rings is 1. The first-order valence-electron chi connectivity index (χ1n) is 13.8. The van der Waals surface area contributed by atoms with Crippen LogP contribution in [0.25, 0.3) is 32.9 Å². The third kappa shape index (κ3) is 4.30. The summed E-state index contributed by atoms with van der Waals surface area (Å²) in [4.78, 5) is 15.5. The van der Waals surface area contributed by atoms with Crippen molar-refractivity contribution in [1.29, 1.82) is 0 Å². The van der Waals surface area contributed by atoms with Crippen LogP contribution in [-0.2, 0) is 0 Å². The minimum absolute atomic E-state index is 0.0241. The number of terminal acetylenes is 1. The quantitative estimate of drug-likeness (QED) is 0.298. The lowest BCUT2D eigenvalue weighted by Crippen LogP contribution is -2.43. The van der Waals surface area contributed by atoms with Gasteiger partial charge in [0.05, 0.1) is 16.5 Å². The Bertz CT molecular complexity index is 1760. The van der Waals surface area contributed by atoms with Gasteiger partial charge < -0.3 is 15.2 Å². The number of hydrogen-bond acceptors (Lipinski definition) is 7. The van der Waals surface area contributed by atoms with E-state index in [2.05, 4.69) is 38.0 Å². The summed E-state index contributed by atoms with van der Waals surface area (Å²) in [5, 5.41) is 14.8. The first-order valence-corrected chi connectivity index (χ1v) is 13.8. The van der Waals surface area contributed by atoms with E-state index in [1.165, 1.54) is 30.5 Å². The number of phenolic OH excluding ortho intramolecular Hbond substituents is 1. The monoisotopic (exact) mass is 559 g/mol. The molecule has 4 atom stereocenters. The maximum atomic E-state index is 16.4. The number of phenols is 1. The Morgan fingerprint density at radius 2 is 2.10 bits per heavy atom. The number of aromatic nitrogens is 3. The van der Waals surface area contributed by atoms with Crippen molar-refractivity contribution in [1.82, 2.24) is 19.9 Å². The molecule has 2 unspecified atom stereocenters. The minimum Gasteiger partial charge on any atom is -0.508 e. The number of halogens is 3. The SMILES string of the molecule is C#Cc1c(F)ccc2cc(O)cc(-c3ncc4c(NC5CC5C)nc(OC[C@@]56CCCN5C[C@H](F)C6)nc4c3F)c12. The Hall–Kier alpha value is -4.10. The number of fused-ring (bicyclic) bond motifs is 3. The molecule has 1 aliphatic carbocycles. The van der Waals surface area contributed by atoms with Crippen molar-refractivity contribution >= 4 is 27.5 Å². The molecule has 0 spiro atoms. The number of nitrogens with zero attached hydrogens (tertiary/aromatic N) is 4. The topological polar surface area (TPSA) is 83.4 Å². The Kier molecular flexibility index (Phi) is 5.98. The van der Waals surface area contributed by atoms with Crippen LogP contribution in [0.2, 0.25) is 0 Å². The fraction of sp³-hybridized carbons (Fsp3) is 0.387. The molecule has 2 saturated heterocycles. The zero-order valence-electron chi connectivity index (χ0n) is 22.4. The van der Waals surface area contributed by atoms with Gasteiger partial charge in [-0.25, -0.2) is 13.2 Å². The standard InChI is InChI=1S/C31H28F3N5O2/c1-3-20-23(33)6-5-17-10-19(40)11-21(25(17)20)27-26(34)28-22(13-35-27)29(36-24-9-16(24)2)38-30(37-28)41-15-31-7-4-8-39(31)14-18(32)12-31/h1,5-6,10-11,13,16,18,24,40H,4,7-9,12,14-15H2,2H3,(H,36,37,38)/t16?,18-,24?,31+/m1/s1. The smallest absolute Gasteiger partial charge is 0.319 e. The highest BCUT2D eigenvalue weighted by atomic mass is 19.1. The normalized spacial score (nSPS) is 25.4. The first kappa shape index (κ1) is 25.8. The predicted octanol–water partition coefficient (Wildman–Crippen LogP) is 5.59. The predicted molar refractivity (Wildman–Crippen MR) is 150 cm³/mol. The highest BCUT2D eigenvalue weighted by Gasteiger charge is 2.49. The van der Waals surface area contributed by atoms with Gasteiger partial charge >= 0.3 is 6.01 Å². The van der Waals surface area contributed by atoms with Crippen LogP contribution in [-0.4, -0.2) is 62.4 Å². The molecule has 4 heterocycles. The van der Waals surface area contributed by atoms with Crippen LogP contribution in [0.3, 0.4) is 0 Å². The second kappa shape index (κ2) is 9.48. The molecule has 210 valence electrons. The second-order valence-electron chi connectivity index (χ2n) is 11.5. The molecule has 0 amide bonds. The van der Waals surface area contributed by atoms with Gasteiger partial charge in [-0.1, -0.05) is 18.9 Å². The maximum Gasteiger partial charge on any atom is 0.319 e. The number of ether oxygens (including phenoxy) is 1. The Morgan fingerprint density at radius 1 is 1.27 bits per heavy atom. The summed E-state index contributed by atoms with van der Waals surface area (Å²) in [5.74, 6) is 1.60. The van der Waals surface area contributed by atoms with Crippen LogP contribution in [0.4, 0.5) is 19.0 Å². The van der Waals surface area contributed by atoms with Gasteiger partial charge in [-0.05, 0) is 55.3 Å². The average Bonchev–Trinajstić information content (AvgIpc) is 3.35. The van der Waals surface area contributed by atoms with E-state index in [1.807, 2.05) is 0 Å². The molecule has 3 aliphatic rings. The lowest BCUT2D eigenvalue weighted by atomic mass is 9.95. The third-order valence-corrected chi connectivity index (χ3v) is 8.78. The van der Waals surface area contributed by atoms with E-state index < -0.39 is 23.3 Å². The zero-order chi connectivity index (χ0) is 28.5. The van der Waals surface area contributed by atoms with Crippen molar-refractivity contribution < 1.29 is 23.0 Å². The molecule has 41 heavy (non-hydrogen) atoms. The number of hydrogen-bond donors (Lipinski definition) is 2. The molecule has 2 aliphatic heterocycles. The van der Waals surface area contributed by atoms with Crippen molar-refractivity contribution in [2.24, 2.45) is 5.92 Å². The molecule has 1 saturated carbocycles. The van der Waals surface area contributed by atoms with E-state index in [0.717, 1.165) is 25.8 Å². The summed E-state index contributed by atoms with van der Waals surface area (Å²) < 4.78 is 51.5. The maximum absolute atomic E-state index is 16.4. The summed E-state index contributed by atoms with van der Waals surface area (Å²) in [6, 6.07) is 5.57. The fourth-order valence-corrected chi connectivity index (χ4v) is 6.50. The summed E-state index contributed by atoms with van der Waals surface area (Å²) in [6.45, 7) is 3.50. The molecule has 0 radical (unpaired) electrons. The zero-order valence-corrected chi connectivity index (χ0v) is 22.4. The lowest BCUT2D eigenvalue weighted by molar-refractivity contribution is 0.107. The molecule has 10 heteroatoms. The molecule has 3 fully saturated rings. The molecule has 7 nitrogen and oxygen atoms in total. The number of rotatable bonds is 6. The van der Waals surface area contributed by atoms with E-state index in [1.54, 1.807) is 0 Å². The van der Waals surface area contributed by atoms with E-state index in [0.29, 0.717) is 35.5 Å². The number of anilines is 1. The van der Waals surface area contributed by atoms with Gasteiger partial charge in [0.25, 0.3) is 0 Å². The first-order chi connectivity index (χ1) is 19.8. The van der Waals surface area contributed by atoms with Gasteiger partial charge in [-0.15, -0.1) is 6.42 Å². The minimum atomic E-state index is -0.911. The second-order valence-corrected chi connectivity index (χ2v) is 11.5. The largest absolute Gasteiger partial charge is 0.508 e. The van der Waals surface area contributed by atoms with E-state index in [4.69, 9.17) is 11.2 Å². The Morgan fingerprint density at radius 3 is 2.88 bits per heavy atom. The van der Waals surface area contributed by atoms with Crippen molar-refractivity contribution in [2.45, 2.75) is 50.4 Å². The molecule has 0 bridgehead atoms. The number of alkyl halides is 1. The average molecular weight is 560 g/mol. The van der Waals surface area contributed by atoms with Crippen molar-refractivity contribution in [3.8, 4) is 35.4 Å². The van der Waals surface area contributed by atoms with E-state index >= 15 is 4.39 Å². The Labute approximate surface area is 234 Å². The van der Waals surface area contributed by atoms with Gasteiger partial charge in [0.15, 0.2) is 5.82 Å². The molecule has 4 aromatic rings. The van der Waals surface area contributed by atoms with Crippen molar-refractivity contribution in [3.63, 3.8) is 0 Å². The van der Waals surface area contributed by atoms with Crippen LogP contribution in [0.15, 0.2) is 30.5 Å². The lowest BCUT2D eigenvalue weighted by Gasteiger charge is -2.30. The van der Waals surface area contributed by atoms with Gasteiger partial charge in [0.1, 0.15) is 41.4 Å². The van der Waals surface area contributed by atoms with Gasteiger partial charge in [0, 0.05) is 36.2 Å².